The SMILES string of the molecule is CCC(C)(C)OCc1ccc(C(=O)NN)cn1. The number of nitrogens with two attached hydrogens (primary N) is 1. The lowest BCUT2D eigenvalue weighted by molar-refractivity contribution is -0.0330. The Labute approximate surface area is 101 Å². The molecule has 0 atom stereocenters. The Morgan fingerprint density at radius 1 is 1.53 bits per heavy atom. The number of nitrogens with one attached hydrogen (secondary N) is 1. The third-order valence-corrected chi connectivity index (χ3v) is 2.68. The predicted molar refractivity (Wildman–Crippen MR) is 65.0 cm³/mol. The Morgan fingerprint density at radius 3 is 2.71 bits per heavy atom. The standard InChI is InChI=1S/C12H19N3O2/c1-4-12(2,3)17-8-10-6-5-9(7-14-10)11(16)15-13/h5-7H,4,8,13H2,1-3H3,(H,15,16). The van der Waals surface area contributed by atoms with E-state index in [2.05, 4.69) is 17.3 Å². The number of nitrogen functional groups attached to an aromatic ring is 1. The van der Waals surface area contributed by atoms with Gasteiger partial charge in [-0.05, 0) is 32.4 Å². The zero-order chi connectivity index (χ0) is 12.9. The largest absolute Gasteiger partial charge is 0.369 e. The number of ether oxygens (including phenoxy) is 1. The quantitative estimate of drug-likeness (QED) is 0.461. The maximum atomic E-state index is 11.2. The lowest BCUT2D eigenvalue weighted by atomic mass is 10.1. The zero-order valence-electron chi connectivity index (χ0n) is 10.5. The topological polar surface area (TPSA) is 77.2 Å². The van der Waals surface area contributed by atoms with Gasteiger partial charge in [0.25, 0.3) is 5.91 Å². The van der Waals surface area contributed by atoms with Gasteiger partial charge in [-0.2, -0.15) is 0 Å². The highest BCUT2D eigenvalue weighted by atomic mass is 16.5. The molecule has 0 aromatic carbocycles. The summed E-state index contributed by atoms with van der Waals surface area (Å²) in [5.41, 5.74) is 3.13. The fraction of sp³-hybridized carbons (Fsp3) is 0.500. The van der Waals surface area contributed by atoms with E-state index in [0.717, 1.165) is 12.1 Å². The summed E-state index contributed by atoms with van der Waals surface area (Å²) in [6.45, 7) is 6.57. The van der Waals surface area contributed by atoms with Crippen molar-refractivity contribution < 1.29 is 9.53 Å². The molecule has 0 unspecified atom stereocenters. The number of carbonyl (C=O) groups excluding carboxylic acids is 1. The number of carbonyl (C=O) groups is 1. The molecule has 0 saturated heterocycles. The monoisotopic (exact) mass is 237 g/mol. The fourth-order valence-electron chi connectivity index (χ4n) is 1.10. The van der Waals surface area contributed by atoms with Crippen LogP contribution in [0.15, 0.2) is 18.3 Å². The van der Waals surface area contributed by atoms with Gasteiger partial charge < -0.3 is 4.74 Å². The number of aromatic nitrogens is 1. The number of hydrogen-bond donors (Lipinski definition) is 2. The van der Waals surface area contributed by atoms with Crippen LogP contribution in [-0.4, -0.2) is 16.5 Å². The lowest BCUT2D eigenvalue weighted by Gasteiger charge is -2.23. The molecule has 94 valence electrons. The first-order chi connectivity index (χ1) is 7.98. The molecule has 5 heteroatoms. The minimum Gasteiger partial charge on any atom is -0.369 e. The van der Waals surface area contributed by atoms with Gasteiger partial charge in [-0.15, -0.1) is 0 Å². The van der Waals surface area contributed by atoms with E-state index in [1.54, 1.807) is 12.1 Å². The number of nitrogens with zero attached hydrogens (tertiary/aromatic N) is 1. The molecule has 0 fully saturated rings. The lowest BCUT2D eigenvalue weighted by Crippen LogP contribution is -2.30. The first-order valence-electron chi connectivity index (χ1n) is 5.58. The molecule has 3 N–H and O–H groups in total. The molecule has 1 rings (SSSR count). The highest BCUT2D eigenvalue weighted by Gasteiger charge is 2.15. The number of pyridine rings is 1. The summed E-state index contributed by atoms with van der Waals surface area (Å²) in [7, 11) is 0. The summed E-state index contributed by atoms with van der Waals surface area (Å²) in [5.74, 6) is 4.68. The van der Waals surface area contributed by atoms with Crippen LogP contribution >= 0.6 is 0 Å². The maximum Gasteiger partial charge on any atom is 0.266 e. The van der Waals surface area contributed by atoms with Gasteiger partial charge in [-0.1, -0.05) is 6.92 Å². The summed E-state index contributed by atoms with van der Waals surface area (Å²) in [6.07, 6.45) is 2.42. The van der Waals surface area contributed by atoms with Crippen molar-refractivity contribution in [1.82, 2.24) is 10.4 Å². The molecule has 0 radical (unpaired) electrons. The molecular formula is C12H19N3O2. The number of hydrogen-bond acceptors (Lipinski definition) is 4. The van der Waals surface area contributed by atoms with Gasteiger partial charge in [0.2, 0.25) is 0 Å². The summed E-state index contributed by atoms with van der Waals surface area (Å²) in [5, 5.41) is 0. The average molecular weight is 237 g/mol. The molecule has 1 amide bonds. The highest BCUT2D eigenvalue weighted by Crippen LogP contribution is 2.15. The van der Waals surface area contributed by atoms with Crippen molar-refractivity contribution in [2.75, 3.05) is 0 Å². The first-order valence-corrected chi connectivity index (χ1v) is 5.58. The van der Waals surface area contributed by atoms with E-state index in [1.807, 2.05) is 13.8 Å². The van der Waals surface area contributed by atoms with Gasteiger partial charge in [0, 0.05) is 6.20 Å². The van der Waals surface area contributed by atoms with Crippen molar-refractivity contribution in [3.8, 4) is 0 Å². The molecule has 0 saturated carbocycles. The van der Waals surface area contributed by atoms with Gasteiger partial charge in [-0.3, -0.25) is 15.2 Å². The molecule has 0 aliphatic rings. The molecule has 0 aliphatic heterocycles. The second-order valence-corrected chi connectivity index (χ2v) is 4.41. The van der Waals surface area contributed by atoms with Crippen molar-refractivity contribution >= 4 is 5.91 Å². The smallest absolute Gasteiger partial charge is 0.266 e. The minimum absolute atomic E-state index is 0.158. The van der Waals surface area contributed by atoms with Crippen LogP contribution in [0.25, 0.3) is 0 Å². The van der Waals surface area contributed by atoms with Gasteiger partial charge in [0.05, 0.1) is 23.5 Å². The Balaban J connectivity index is 2.60. The van der Waals surface area contributed by atoms with Crippen LogP contribution in [0.2, 0.25) is 0 Å². The van der Waals surface area contributed by atoms with E-state index < -0.39 is 0 Å². The van der Waals surface area contributed by atoms with E-state index >= 15 is 0 Å². The third kappa shape index (κ3) is 4.13. The molecule has 0 spiro atoms. The van der Waals surface area contributed by atoms with Crippen LogP contribution in [0.3, 0.4) is 0 Å². The minimum atomic E-state index is -0.348. The molecule has 0 bridgehead atoms. The van der Waals surface area contributed by atoms with Crippen LogP contribution in [0.4, 0.5) is 0 Å². The Hall–Kier alpha value is -1.46. The second-order valence-electron chi connectivity index (χ2n) is 4.41. The molecule has 5 nitrogen and oxygen atoms in total. The summed E-state index contributed by atoms with van der Waals surface area (Å²) >= 11 is 0. The molecule has 0 aliphatic carbocycles. The zero-order valence-corrected chi connectivity index (χ0v) is 10.5. The maximum absolute atomic E-state index is 11.2. The molecule has 1 aromatic heterocycles. The van der Waals surface area contributed by atoms with Crippen LogP contribution < -0.4 is 11.3 Å². The molecular weight excluding hydrogens is 218 g/mol. The summed E-state index contributed by atoms with van der Waals surface area (Å²) < 4.78 is 5.70. The Kier molecular flexibility index (Phi) is 4.60. The van der Waals surface area contributed by atoms with E-state index in [1.165, 1.54) is 6.20 Å². The second kappa shape index (κ2) is 5.75. The third-order valence-electron chi connectivity index (χ3n) is 2.68. The Morgan fingerprint density at radius 2 is 2.24 bits per heavy atom. The highest BCUT2D eigenvalue weighted by molar-refractivity contribution is 5.93. The molecule has 17 heavy (non-hydrogen) atoms. The summed E-state index contributed by atoms with van der Waals surface area (Å²) in [4.78, 5) is 15.3. The fourth-order valence-corrected chi connectivity index (χ4v) is 1.10. The molecule has 1 heterocycles. The summed E-state index contributed by atoms with van der Waals surface area (Å²) in [6, 6.07) is 3.43. The van der Waals surface area contributed by atoms with Crippen LogP contribution in [0, 0.1) is 0 Å². The van der Waals surface area contributed by atoms with Crippen molar-refractivity contribution in [2.45, 2.75) is 39.4 Å². The number of rotatable bonds is 5. The van der Waals surface area contributed by atoms with Gasteiger partial charge in [0.15, 0.2) is 0 Å². The van der Waals surface area contributed by atoms with Gasteiger partial charge in [-0.25, -0.2) is 5.84 Å². The van der Waals surface area contributed by atoms with Crippen molar-refractivity contribution in [1.29, 1.82) is 0 Å². The van der Waals surface area contributed by atoms with Crippen LogP contribution in [0.1, 0.15) is 43.2 Å². The molecule has 1 aromatic rings. The normalized spacial score (nSPS) is 11.3. The Bertz CT molecular complexity index is 374. The van der Waals surface area contributed by atoms with E-state index in [0.29, 0.717) is 12.2 Å². The number of hydrazine groups is 1. The van der Waals surface area contributed by atoms with Crippen molar-refractivity contribution in [3.63, 3.8) is 0 Å². The van der Waals surface area contributed by atoms with Gasteiger partial charge >= 0.3 is 0 Å². The average Bonchev–Trinajstić information content (AvgIpc) is 2.36. The van der Waals surface area contributed by atoms with Crippen LogP contribution in [0.5, 0.6) is 0 Å². The first kappa shape index (κ1) is 13.6. The van der Waals surface area contributed by atoms with Gasteiger partial charge in [0.1, 0.15) is 0 Å². The van der Waals surface area contributed by atoms with E-state index in [-0.39, 0.29) is 11.5 Å². The van der Waals surface area contributed by atoms with Crippen molar-refractivity contribution in [2.24, 2.45) is 5.84 Å². The van der Waals surface area contributed by atoms with Crippen molar-refractivity contribution in [3.05, 3.63) is 29.6 Å². The van der Waals surface area contributed by atoms with E-state index in [9.17, 15) is 4.79 Å². The number of amides is 1. The van der Waals surface area contributed by atoms with E-state index in [4.69, 9.17) is 10.6 Å². The van der Waals surface area contributed by atoms with Crippen LogP contribution in [-0.2, 0) is 11.3 Å². The predicted octanol–water partition coefficient (Wildman–Crippen LogP) is 1.39.